The Bertz CT molecular complexity index is 464. The van der Waals surface area contributed by atoms with Gasteiger partial charge in [0.05, 0.1) is 0 Å². The molecule has 1 aromatic heterocycles. The maximum atomic E-state index is 9.93. The molecule has 0 saturated carbocycles. The molecule has 1 heterocycles. The van der Waals surface area contributed by atoms with E-state index in [0.717, 1.165) is 15.6 Å². The van der Waals surface area contributed by atoms with Crippen LogP contribution in [0.2, 0.25) is 5.02 Å². The van der Waals surface area contributed by atoms with Crippen molar-refractivity contribution in [1.82, 2.24) is 0 Å². The zero-order chi connectivity index (χ0) is 9.97. The molecule has 2 nitrogen and oxygen atoms in total. The molecule has 0 aliphatic heterocycles. The van der Waals surface area contributed by atoms with E-state index in [2.05, 4.69) is 4.74 Å². The number of hydrogen-bond acceptors (Lipinski definition) is 3. The SMILES string of the molecule is O=[C]OCc1csc2ccc(Cl)cc12. The minimum Gasteiger partial charge on any atom is -0.452 e. The minimum atomic E-state index is 0.254. The van der Waals surface area contributed by atoms with E-state index in [4.69, 9.17) is 11.6 Å². The fourth-order valence-corrected chi connectivity index (χ4v) is 2.37. The summed E-state index contributed by atoms with van der Waals surface area (Å²) in [6.07, 6.45) is 0. The molecular formula is C10H6ClO2S. The molecule has 1 aromatic carbocycles. The summed E-state index contributed by atoms with van der Waals surface area (Å²) in [7, 11) is 0. The van der Waals surface area contributed by atoms with Crippen molar-refractivity contribution >= 4 is 39.5 Å². The van der Waals surface area contributed by atoms with Gasteiger partial charge in [-0.15, -0.1) is 11.3 Å². The quantitative estimate of drug-likeness (QED) is 0.802. The predicted molar refractivity (Wildman–Crippen MR) is 57.3 cm³/mol. The van der Waals surface area contributed by atoms with Crippen LogP contribution in [-0.2, 0) is 16.1 Å². The molecule has 0 bridgehead atoms. The Morgan fingerprint density at radius 2 is 2.36 bits per heavy atom. The first-order valence-corrected chi connectivity index (χ1v) is 5.21. The lowest BCUT2D eigenvalue weighted by molar-refractivity contribution is 0.268. The van der Waals surface area contributed by atoms with E-state index in [9.17, 15) is 4.79 Å². The molecule has 2 rings (SSSR count). The lowest BCUT2D eigenvalue weighted by atomic mass is 10.2. The Morgan fingerprint density at radius 1 is 1.50 bits per heavy atom. The normalized spacial score (nSPS) is 10.4. The van der Waals surface area contributed by atoms with Crippen molar-refractivity contribution < 1.29 is 9.53 Å². The highest BCUT2D eigenvalue weighted by Crippen LogP contribution is 2.28. The van der Waals surface area contributed by atoms with Gasteiger partial charge in [-0.1, -0.05) is 11.6 Å². The summed E-state index contributed by atoms with van der Waals surface area (Å²) in [6, 6.07) is 5.67. The van der Waals surface area contributed by atoms with Crippen LogP contribution in [0, 0.1) is 0 Å². The van der Waals surface area contributed by atoms with Gasteiger partial charge in [-0.2, -0.15) is 0 Å². The summed E-state index contributed by atoms with van der Waals surface area (Å²) >= 11 is 7.47. The summed E-state index contributed by atoms with van der Waals surface area (Å²) in [5, 5.41) is 3.68. The van der Waals surface area contributed by atoms with Gasteiger partial charge in [0.1, 0.15) is 6.61 Å². The number of carbonyl (C=O) groups excluding carboxylic acids is 1. The Morgan fingerprint density at radius 3 is 3.14 bits per heavy atom. The summed E-state index contributed by atoms with van der Waals surface area (Å²) < 4.78 is 5.72. The number of thiophene rings is 1. The van der Waals surface area contributed by atoms with Gasteiger partial charge in [-0.3, -0.25) is 0 Å². The van der Waals surface area contributed by atoms with Crippen LogP contribution in [0.25, 0.3) is 10.1 Å². The van der Waals surface area contributed by atoms with Crippen molar-refractivity contribution in [3.63, 3.8) is 0 Å². The van der Waals surface area contributed by atoms with E-state index in [0.29, 0.717) is 5.02 Å². The van der Waals surface area contributed by atoms with E-state index >= 15 is 0 Å². The highest BCUT2D eigenvalue weighted by molar-refractivity contribution is 7.17. The van der Waals surface area contributed by atoms with Crippen LogP contribution in [0.4, 0.5) is 0 Å². The van der Waals surface area contributed by atoms with E-state index in [1.807, 2.05) is 23.6 Å². The molecule has 71 valence electrons. The second kappa shape index (κ2) is 3.98. The second-order valence-electron chi connectivity index (χ2n) is 2.77. The lowest BCUT2D eigenvalue weighted by Gasteiger charge is -1.96. The molecule has 0 atom stereocenters. The Labute approximate surface area is 90.1 Å². The summed E-state index contributed by atoms with van der Waals surface area (Å²) in [6.45, 7) is 1.66. The van der Waals surface area contributed by atoms with Crippen molar-refractivity contribution in [2.75, 3.05) is 0 Å². The highest BCUT2D eigenvalue weighted by atomic mass is 35.5. The van der Waals surface area contributed by atoms with E-state index < -0.39 is 0 Å². The average molecular weight is 226 g/mol. The van der Waals surface area contributed by atoms with Crippen LogP contribution in [0.3, 0.4) is 0 Å². The van der Waals surface area contributed by atoms with E-state index in [1.54, 1.807) is 11.3 Å². The molecule has 0 amide bonds. The van der Waals surface area contributed by atoms with Gasteiger partial charge in [0, 0.05) is 20.7 Å². The molecule has 14 heavy (non-hydrogen) atoms. The molecule has 0 aliphatic carbocycles. The van der Waals surface area contributed by atoms with Crippen LogP contribution < -0.4 is 0 Å². The molecule has 0 unspecified atom stereocenters. The molecule has 4 heteroatoms. The molecule has 1 radical (unpaired) electrons. The Balaban J connectivity index is 2.44. The molecular weight excluding hydrogens is 220 g/mol. The van der Waals surface area contributed by atoms with Gasteiger partial charge < -0.3 is 4.74 Å². The van der Waals surface area contributed by atoms with Crippen molar-refractivity contribution in [2.24, 2.45) is 0 Å². The molecule has 0 aliphatic rings. The number of fused-ring (bicyclic) bond motifs is 1. The number of halogens is 1. The number of ether oxygens (including phenoxy) is 1. The standard InChI is InChI=1S/C10H6ClO2S/c11-8-1-2-10-9(3-8)7(5-14-10)4-13-6-12/h1-3,5H,4H2. The summed E-state index contributed by atoms with van der Waals surface area (Å²) in [5.74, 6) is 0. The highest BCUT2D eigenvalue weighted by Gasteiger charge is 2.04. The fraction of sp³-hybridized carbons (Fsp3) is 0.100. The Kier molecular flexibility index (Phi) is 2.70. The minimum absolute atomic E-state index is 0.254. The maximum Gasteiger partial charge on any atom is 0.417 e. The van der Waals surface area contributed by atoms with Crippen LogP contribution in [0.1, 0.15) is 5.56 Å². The summed E-state index contributed by atoms with van der Waals surface area (Å²) in [4.78, 5) is 9.93. The first-order valence-electron chi connectivity index (χ1n) is 3.96. The van der Waals surface area contributed by atoms with Gasteiger partial charge in [0.15, 0.2) is 0 Å². The van der Waals surface area contributed by atoms with Gasteiger partial charge in [-0.05, 0) is 23.6 Å². The predicted octanol–water partition coefficient (Wildman–Crippen LogP) is 3.14. The van der Waals surface area contributed by atoms with Gasteiger partial charge in [0.25, 0.3) is 0 Å². The molecule has 0 N–H and O–H groups in total. The monoisotopic (exact) mass is 225 g/mol. The molecule has 0 saturated heterocycles. The topological polar surface area (TPSA) is 26.3 Å². The maximum absolute atomic E-state index is 9.93. The van der Waals surface area contributed by atoms with Gasteiger partial charge >= 0.3 is 6.47 Å². The number of rotatable bonds is 3. The van der Waals surface area contributed by atoms with Crippen molar-refractivity contribution in [3.05, 3.63) is 34.2 Å². The third kappa shape index (κ3) is 1.74. The first-order chi connectivity index (χ1) is 6.81. The van der Waals surface area contributed by atoms with Crippen LogP contribution in [-0.4, -0.2) is 6.47 Å². The zero-order valence-electron chi connectivity index (χ0n) is 7.12. The second-order valence-corrected chi connectivity index (χ2v) is 4.12. The van der Waals surface area contributed by atoms with Crippen molar-refractivity contribution in [3.8, 4) is 0 Å². The first kappa shape index (κ1) is 9.49. The van der Waals surface area contributed by atoms with E-state index in [-0.39, 0.29) is 6.61 Å². The van der Waals surface area contributed by atoms with E-state index in [1.165, 1.54) is 6.47 Å². The zero-order valence-corrected chi connectivity index (χ0v) is 8.69. The third-order valence-electron chi connectivity index (χ3n) is 1.90. The van der Waals surface area contributed by atoms with Crippen molar-refractivity contribution in [1.29, 1.82) is 0 Å². The summed E-state index contributed by atoms with van der Waals surface area (Å²) in [5.41, 5.74) is 0.968. The molecule has 0 fully saturated rings. The van der Waals surface area contributed by atoms with Crippen LogP contribution in [0.5, 0.6) is 0 Å². The smallest absolute Gasteiger partial charge is 0.417 e. The number of hydrogen-bond donors (Lipinski definition) is 0. The Hall–Kier alpha value is -1.06. The van der Waals surface area contributed by atoms with Gasteiger partial charge in [-0.25, -0.2) is 4.79 Å². The largest absolute Gasteiger partial charge is 0.452 e. The third-order valence-corrected chi connectivity index (χ3v) is 3.15. The van der Waals surface area contributed by atoms with Crippen LogP contribution >= 0.6 is 22.9 Å². The van der Waals surface area contributed by atoms with Gasteiger partial charge in [0.2, 0.25) is 0 Å². The fourth-order valence-electron chi connectivity index (χ4n) is 1.27. The number of benzene rings is 1. The molecule has 0 spiro atoms. The average Bonchev–Trinajstić information content (AvgIpc) is 2.57. The lowest BCUT2D eigenvalue weighted by Crippen LogP contribution is -1.87. The van der Waals surface area contributed by atoms with Crippen LogP contribution in [0.15, 0.2) is 23.6 Å². The molecule has 2 aromatic rings. The van der Waals surface area contributed by atoms with Crippen molar-refractivity contribution in [2.45, 2.75) is 6.61 Å².